The van der Waals surface area contributed by atoms with Gasteiger partial charge in [-0.15, -0.1) is 0 Å². The van der Waals surface area contributed by atoms with Gasteiger partial charge in [0.15, 0.2) is 0 Å². The third-order valence-electron chi connectivity index (χ3n) is 4.48. The van der Waals surface area contributed by atoms with Gasteiger partial charge in [-0.2, -0.15) is 0 Å². The summed E-state index contributed by atoms with van der Waals surface area (Å²) in [5.74, 6) is 1.75. The van der Waals surface area contributed by atoms with Crippen molar-refractivity contribution in [1.29, 1.82) is 0 Å². The zero-order valence-electron chi connectivity index (χ0n) is 16.7. The Bertz CT molecular complexity index is 974. The monoisotopic (exact) mass is 392 g/mol. The molecule has 1 aromatic heterocycles. The maximum atomic E-state index is 12.4. The van der Waals surface area contributed by atoms with Crippen molar-refractivity contribution in [2.45, 2.75) is 13.8 Å². The fourth-order valence-corrected chi connectivity index (χ4v) is 2.67. The maximum absolute atomic E-state index is 12.4. The van der Waals surface area contributed by atoms with E-state index in [2.05, 4.69) is 20.6 Å². The molecule has 1 heterocycles. The van der Waals surface area contributed by atoms with Crippen molar-refractivity contribution in [3.63, 3.8) is 0 Å². The summed E-state index contributed by atoms with van der Waals surface area (Å²) in [5.41, 5.74) is 3.55. The molecule has 3 aromatic rings. The van der Waals surface area contributed by atoms with Crippen LogP contribution >= 0.6 is 0 Å². The first-order valence-corrected chi connectivity index (χ1v) is 9.27. The highest BCUT2D eigenvalue weighted by atomic mass is 16.5. The van der Waals surface area contributed by atoms with E-state index in [-0.39, 0.29) is 11.6 Å². The lowest BCUT2D eigenvalue weighted by Crippen LogP contribution is -2.28. The first-order valence-electron chi connectivity index (χ1n) is 9.27. The van der Waals surface area contributed by atoms with Crippen molar-refractivity contribution in [3.05, 3.63) is 71.7 Å². The number of aromatic nitrogens is 2. The fraction of sp³-hybridized carbons (Fsp3) is 0.227. The number of nitrogens with one attached hydrogen (secondary N) is 2. The van der Waals surface area contributed by atoms with Crippen molar-refractivity contribution in [2.24, 2.45) is 0 Å². The minimum absolute atomic E-state index is 0.283. The molecule has 0 fully saturated rings. The largest absolute Gasteiger partial charge is 0.497 e. The van der Waals surface area contributed by atoms with E-state index < -0.39 is 0 Å². The minimum atomic E-state index is -0.283. The molecular weight excluding hydrogens is 368 g/mol. The lowest BCUT2D eigenvalue weighted by molar-refractivity contribution is 0.0942. The maximum Gasteiger partial charge on any atom is 0.270 e. The third-order valence-corrected chi connectivity index (χ3v) is 4.48. The third kappa shape index (κ3) is 5.44. The van der Waals surface area contributed by atoms with Crippen LogP contribution < -0.4 is 20.1 Å². The lowest BCUT2D eigenvalue weighted by atomic mass is 10.1. The standard InChI is InChI=1S/C22H24N4O3/c1-15-5-4-6-19(16(15)2)26-21-13-20(24-14-25-21)22(27)23-11-12-29-18-9-7-17(28-3)8-10-18/h4-10,13-14H,11-12H2,1-3H3,(H,23,27)(H,24,25,26). The van der Waals surface area contributed by atoms with Crippen molar-refractivity contribution >= 4 is 17.4 Å². The van der Waals surface area contributed by atoms with E-state index in [1.54, 1.807) is 13.2 Å². The van der Waals surface area contributed by atoms with Crippen LogP contribution in [-0.2, 0) is 0 Å². The number of hydrogen-bond acceptors (Lipinski definition) is 6. The average molecular weight is 392 g/mol. The Morgan fingerprint density at radius 1 is 1.03 bits per heavy atom. The highest BCUT2D eigenvalue weighted by molar-refractivity contribution is 5.93. The van der Waals surface area contributed by atoms with E-state index in [1.807, 2.05) is 56.3 Å². The molecule has 1 amide bonds. The number of carbonyl (C=O) groups is 1. The van der Waals surface area contributed by atoms with Crippen LogP contribution in [-0.4, -0.2) is 36.1 Å². The van der Waals surface area contributed by atoms with Crippen LogP contribution in [0.15, 0.2) is 54.9 Å². The van der Waals surface area contributed by atoms with Crippen LogP contribution in [0, 0.1) is 13.8 Å². The second kappa shape index (κ2) is 9.54. The molecule has 0 aliphatic rings. The predicted octanol–water partition coefficient (Wildman–Crippen LogP) is 3.65. The van der Waals surface area contributed by atoms with Gasteiger partial charge in [-0.25, -0.2) is 9.97 Å². The molecular formula is C22H24N4O3. The van der Waals surface area contributed by atoms with Gasteiger partial charge in [-0.05, 0) is 55.3 Å². The molecule has 29 heavy (non-hydrogen) atoms. The quantitative estimate of drug-likeness (QED) is 0.569. The van der Waals surface area contributed by atoms with Crippen molar-refractivity contribution < 1.29 is 14.3 Å². The average Bonchev–Trinajstić information content (AvgIpc) is 2.75. The number of carbonyl (C=O) groups excluding carboxylic acids is 1. The van der Waals surface area contributed by atoms with Crippen LogP contribution in [0.5, 0.6) is 11.5 Å². The number of anilines is 2. The summed E-state index contributed by atoms with van der Waals surface area (Å²) in [5, 5.41) is 6.04. The van der Waals surface area contributed by atoms with Crippen LogP contribution in [0.2, 0.25) is 0 Å². The van der Waals surface area contributed by atoms with Crippen molar-refractivity contribution in [3.8, 4) is 11.5 Å². The Kier molecular flexibility index (Phi) is 6.63. The number of amides is 1. The van der Waals surface area contributed by atoms with Gasteiger partial charge in [0, 0.05) is 11.8 Å². The SMILES string of the molecule is COc1ccc(OCCNC(=O)c2cc(Nc3cccc(C)c3C)ncn2)cc1. The molecule has 0 aliphatic carbocycles. The van der Waals surface area contributed by atoms with Crippen molar-refractivity contribution in [1.82, 2.24) is 15.3 Å². The summed E-state index contributed by atoms with van der Waals surface area (Å²) in [7, 11) is 1.61. The summed E-state index contributed by atoms with van der Waals surface area (Å²) in [4.78, 5) is 20.6. The molecule has 150 valence electrons. The van der Waals surface area contributed by atoms with E-state index >= 15 is 0 Å². The van der Waals surface area contributed by atoms with Gasteiger partial charge in [0.05, 0.1) is 13.7 Å². The highest BCUT2D eigenvalue weighted by Gasteiger charge is 2.09. The summed E-state index contributed by atoms with van der Waals surface area (Å²) >= 11 is 0. The number of rotatable bonds is 8. The molecule has 0 saturated heterocycles. The predicted molar refractivity (Wildman–Crippen MR) is 112 cm³/mol. The van der Waals surface area contributed by atoms with Gasteiger partial charge in [0.25, 0.3) is 5.91 Å². The molecule has 0 spiro atoms. The highest BCUT2D eigenvalue weighted by Crippen LogP contribution is 2.21. The van der Waals surface area contributed by atoms with E-state index in [1.165, 1.54) is 11.9 Å². The summed E-state index contributed by atoms with van der Waals surface area (Å²) in [6.45, 7) is 4.79. The van der Waals surface area contributed by atoms with E-state index in [4.69, 9.17) is 9.47 Å². The Morgan fingerprint density at radius 2 is 1.79 bits per heavy atom. The summed E-state index contributed by atoms with van der Waals surface area (Å²) < 4.78 is 10.7. The van der Waals surface area contributed by atoms with Crippen LogP contribution in [0.1, 0.15) is 21.6 Å². The molecule has 0 bridgehead atoms. The van der Waals surface area contributed by atoms with Gasteiger partial charge in [0.2, 0.25) is 0 Å². The molecule has 7 heteroatoms. The second-order valence-electron chi connectivity index (χ2n) is 6.44. The second-order valence-corrected chi connectivity index (χ2v) is 6.44. The molecule has 0 radical (unpaired) electrons. The number of aryl methyl sites for hydroxylation is 1. The topological polar surface area (TPSA) is 85.4 Å². The van der Waals surface area contributed by atoms with E-state index in [0.717, 1.165) is 17.0 Å². The first-order chi connectivity index (χ1) is 14.1. The van der Waals surface area contributed by atoms with E-state index in [9.17, 15) is 4.79 Å². The number of methoxy groups -OCH3 is 1. The zero-order valence-corrected chi connectivity index (χ0v) is 16.7. The number of benzene rings is 2. The normalized spacial score (nSPS) is 10.3. The zero-order chi connectivity index (χ0) is 20.6. The Labute approximate surface area is 170 Å². The van der Waals surface area contributed by atoms with Gasteiger partial charge in [-0.1, -0.05) is 12.1 Å². The van der Waals surface area contributed by atoms with E-state index in [0.29, 0.717) is 24.7 Å². The molecule has 0 saturated carbocycles. The molecule has 3 rings (SSSR count). The molecule has 0 atom stereocenters. The summed E-state index contributed by atoms with van der Waals surface area (Å²) in [6.07, 6.45) is 1.37. The van der Waals surface area contributed by atoms with Gasteiger partial charge in [-0.3, -0.25) is 4.79 Å². The van der Waals surface area contributed by atoms with Gasteiger partial charge < -0.3 is 20.1 Å². The summed E-state index contributed by atoms with van der Waals surface area (Å²) in [6, 6.07) is 14.9. The minimum Gasteiger partial charge on any atom is -0.497 e. The first kappa shape index (κ1) is 20.1. The van der Waals surface area contributed by atoms with Crippen LogP contribution in [0.3, 0.4) is 0 Å². The molecule has 0 unspecified atom stereocenters. The Balaban J connectivity index is 1.53. The molecule has 2 aromatic carbocycles. The smallest absolute Gasteiger partial charge is 0.270 e. The molecule has 7 nitrogen and oxygen atoms in total. The van der Waals surface area contributed by atoms with Gasteiger partial charge in [0.1, 0.15) is 35.9 Å². The van der Waals surface area contributed by atoms with Crippen LogP contribution in [0.4, 0.5) is 11.5 Å². The fourth-order valence-electron chi connectivity index (χ4n) is 2.67. The number of ether oxygens (including phenoxy) is 2. The lowest BCUT2D eigenvalue weighted by Gasteiger charge is -2.11. The number of nitrogens with zero attached hydrogens (tertiary/aromatic N) is 2. The molecule has 2 N–H and O–H groups in total. The number of hydrogen-bond donors (Lipinski definition) is 2. The molecule has 0 aliphatic heterocycles. The van der Waals surface area contributed by atoms with Gasteiger partial charge >= 0.3 is 0 Å². The Hall–Kier alpha value is -3.61. The van der Waals surface area contributed by atoms with Crippen LogP contribution in [0.25, 0.3) is 0 Å². The Morgan fingerprint density at radius 3 is 2.55 bits per heavy atom. The van der Waals surface area contributed by atoms with Crippen molar-refractivity contribution in [2.75, 3.05) is 25.6 Å².